The first-order chi connectivity index (χ1) is 19.1. The van der Waals surface area contributed by atoms with E-state index in [-0.39, 0.29) is 48.2 Å². The summed E-state index contributed by atoms with van der Waals surface area (Å²) in [6.07, 6.45) is -0.575. The molecule has 16 atom stereocenters. The second-order valence-electron chi connectivity index (χ2n) is 15.5. The Labute approximate surface area is 245 Å². The van der Waals surface area contributed by atoms with Gasteiger partial charge in [-0.1, -0.05) is 34.6 Å². The molecule has 0 spiro atoms. The van der Waals surface area contributed by atoms with Gasteiger partial charge in [0.25, 0.3) is 0 Å². The molecule has 1 aliphatic heterocycles. The molecule has 9 heteroatoms. The van der Waals surface area contributed by atoms with Gasteiger partial charge in [0.1, 0.15) is 18.3 Å². The fourth-order valence-electron chi connectivity index (χ4n) is 10.5. The van der Waals surface area contributed by atoms with Crippen LogP contribution in [-0.4, -0.2) is 97.0 Å². The molecule has 5 rings (SSSR count). The van der Waals surface area contributed by atoms with Crippen LogP contribution in [0.4, 0.5) is 0 Å². The molecule has 5 fully saturated rings. The van der Waals surface area contributed by atoms with Crippen LogP contribution >= 0.6 is 0 Å². The number of fused-ring (bicyclic) bond motifs is 5. The topological polar surface area (TPSA) is 160 Å². The lowest BCUT2D eigenvalue weighted by molar-refractivity contribution is -0.287. The minimum atomic E-state index is -1.31. The number of aliphatic hydroxyl groups is 7. The smallest absolute Gasteiger partial charge is 0.186 e. The maximum absolute atomic E-state index is 11.7. The zero-order valence-electron chi connectivity index (χ0n) is 25.6. The molecular formula is C32H56O9. The molecule has 0 amide bonds. The zero-order chi connectivity index (χ0) is 30.1. The predicted molar refractivity (Wildman–Crippen MR) is 151 cm³/mol. The van der Waals surface area contributed by atoms with Gasteiger partial charge in [-0.15, -0.1) is 0 Å². The Morgan fingerprint density at radius 2 is 1.59 bits per heavy atom. The highest BCUT2D eigenvalue weighted by Crippen LogP contribution is 2.69. The molecule has 0 bridgehead atoms. The van der Waals surface area contributed by atoms with E-state index in [0.717, 1.165) is 32.1 Å². The van der Waals surface area contributed by atoms with Crippen molar-refractivity contribution in [1.82, 2.24) is 0 Å². The van der Waals surface area contributed by atoms with E-state index in [2.05, 4.69) is 34.6 Å². The van der Waals surface area contributed by atoms with Crippen LogP contribution in [0.3, 0.4) is 0 Å². The van der Waals surface area contributed by atoms with Crippen molar-refractivity contribution in [3.63, 3.8) is 0 Å². The maximum Gasteiger partial charge on any atom is 0.186 e. The Balaban J connectivity index is 1.27. The van der Waals surface area contributed by atoms with Crippen molar-refractivity contribution in [3.8, 4) is 0 Å². The highest BCUT2D eigenvalue weighted by molar-refractivity contribution is 5.18. The van der Waals surface area contributed by atoms with Crippen LogP contribution in [0.5, 0.6) is 0 Å². The van der Waals surface area contributed by atoms with Gasteiger partial charge >= 0.3 is 0 Å². The van der Waals surface area contributed by atoms with E-state index in [9.17, 15) is 35.7 Å². The summed E-state index contributed by atoms with van der Waals surface area (Å²) in [5.74, 6) is 1.19. The molecule has 1 saturated heterocycles. The van der Waals surface area contributed by atoms with E-state index in [1.807, 2.05) is 0 Å². The summed E-state index contributed by atoms with van der Waals surface area (Å²) >= 11 is 0. The summed E-state index contributed by atoms with van der Waals surface area (Å²) in [6, 6.07) is 0. The number of rotatable bonds is 7. The average Bonchev–Trinajstić information content (AvgIpc) is 3.18. The highest BCUT2D eigenvalue weighted by atomic mass is 16.7. The van der Waals surface area contributed by atoms with Gasteiger partial charge in [-0.2, -0.15) is 0 Å². The van der Waals surface area contributed by atoms with Gasteiger partial charge in [0, 0.05) is 11.8 Å². The number of hydrogen-bond acceptors (Lipinski definition) is 9. The molecular weight excluding hydrogens is 528 g/mol. The fraction of sp³-hybridized carbons (Fsp3) is 1.00. The standard InChI is InChI=1S/C32H56O9/c1-16(2)24(41-29-28(38)27(37)23(35)15-40-29)7-6-17(3)21-13-22(34)26-19-12-25(36)32(39)14-18(33)8-11-31(32,5)20(19)9-10-30(21,26)4/h16-29,33-39H,6-15H2,1-5H3/t17?,18-,19?,20?,21+,22?,23+,24-,25+,26?,27-,28+,29-,30+,31+,32-/m0/s1. The van der Waals surface area contributed by atoms with Crippen LogP contribution in [0, 0.1) is 46.3 Å². The van der Waals surface area contributed by atoms with Crippen LogP contribution in [-0.2, 0) is 9.47 Å². The van der Waals surface area contributed by atoms with E-state index >= 15 is 0 Å². The molecule has 7 N–H and O–H groups in total. The van der Waals surface area contributed by atoms with Crippen molar-refractivity contribution in [3.05, 3.63) is 0 Å². The summed E-state index contributed by atoms with van der Waals surface area (Å²) in [7, 11) is 0. The Morgan fingerprint density at radius 3 is 2.27 bits per heavy atom. The lowest BCUT2D eigenvalue weighted by Crippen LogP contribution is -2.69. The fourth-order valence-corrected chi connectivity index (χ4v) is 10.5. The molecule has 0 aromatic rings. The summed E-state index contributed by atoms with van der Waals surface area (Å²) in [4.78, 5) is 0. The van der Waals surface area contributed by atoms with Crippen molar-refractivity contribution in [2.24, 2.45) is 46.3 Å². The summed E-state index contributed by atoms with van der Waals surface area (Å²) < 4.78 is 11.7. The third kappa shape index (κ3) is 5.23. The van der Waals surface area contributed by atoms with Gasteiger partial charge in [0.05, 0.1) is 36.6 Å². The molecule has 4 saturated carbocycles. The van der Waals surface area contributed by atoms with Crippen molar-refractivity contribution in [2.75, 3.05) is 6.61 Å². The van der Waals surface area contributed by atoms with E-state index < -0.39 is 53.9 Å². The van der Waals surface area contributed by atoms with Crippen LogP contribution in [0.1, 0.15) is 92.4 Å². The molecule has 9 nitrogen and oxygen atoms in total. The molecule has 0 aromatic carbocycles. The van der Waals surface area contributed by atoms with E-state index in [1.54, 1.807) is 0 Å². The maximum atomic E-state index is 11.7. The normalized spacial score (nSPS) is 53.3. The Bertz CT molecular complexity index is 918. The van der Waals surface area contributed by atoms with Crippen molar-refractivity contribution in [2.45, 2.75) is 147 Å². The van der Waals surface area contributed by atoms with Crippen LogP contribution in [0.25, 0.3) is 0 Å². The first-order valence-corrected chi connectivity index (χ1v) is 16.2. The number of ether oxygens (including phenoxy) is 2. The molecule has 5 aliphatic rings. The largest absolute Gasteiger partial charge is 0.393 e. The van der Waals surface area contributed by atoms with Crippen molar-refractivity contribution >= 4 is 0 Å². The minimum Gasteiger partial charge on any atom is -0.393 e. The van der Waals surface area contributed by atoms with Crippen molar-refractivity contribution in [1.29, 1.82) is 0 Å². The summed E-state index contributed by atoms with van der Waals surface area (Å²) in [6.45, 7) is 10.8. The molecule has 4 aliphatic carbocycles. The highest BCUT2D eigenvalue weighted by Gasteiger charge is 2.68. The molecule has 41 heavy (non-hydrogen) atoms. The van der Waals surface area contributed by atoms with Gasteiger partial charge in [-0.05, 0) is 92.3 Å². The average molecular weight is 585 g/mol. The lowest BCUT2D eigenvalue weighted by atomic mass is 9.42. The molecule has 1 heterocycles. The molecule has 0 radical (unpaired) electrons. The Morgan fingerprint density at radius 1 is 0.878 bits per heavy atom. The first kappa shape index (κ1) is 32.0. The minimum absolute atomic E-state index is 0.0624. The van der Waals surface area contributed by atoms with Gasteiger partial charge in [0.2, 0.25) is 0 Å². The molecule has 0 aromatic heterocycles. The van der Waals surface area contributed by atoms with Gasteiger partial charge in [-0.3, -0.25) is 0 Å². The Hall–Kier alpha value is -0.360. The van der Waals surface area contributed by atoms with Crippen LogP contribution in [0.2, 0.25) is 0 Å². The summed E-state index contributed by atoms with van der Waals surface area (Å²) in [5, 5.41) is 75.2. The van der Waals surface area contributed by atoms with E-state index in [0.29, 0.717) is 31.1 Å². The second kappa shape index (κ2) is 11.5. The quantitative estimate of drug-likeness (QED) is 0.237. The lowest BCUT2D eigenvalue weighted by Gasteiger charge is -2.65. The van der Waals surface area contributed by atoms with Crippen LogP contribution in [0.15, 0.2) is 0 Å². The first-order valence-electron chi connectivity index (χ1n) is 16.2. The monoisotopic (exact) mass is 584 g/mol. The SMILES string of the molecule is CC(C)[C@H](CCC(C)[C@H]1CC(O)C2C3C[C@@H](O)[C@@]4(O)C[C@@H](O)CC[C@]4(C)C3CC[C@@]21C)O[C@@H]1OC[C@@H](O)[C@H](O)[C@H]1O. The third-order valence-electron chi connectivity index (χ3n) is 13.0. The summed E-state index contributed by atoms with van der Waals surface area (Å²) in [5.41, 5.74) is -1.83. The van der Waals surface area contributed by atoms with Crippen LogP contribution < -0.4 is 0 Å². The zero-order valence-corrected chi connectivity index (χ0v) is 25.6. The van der Waals surface area contributed by atoms with Gasteiger partial charge in [0.15, 0.2) is 6.29 Å². The molecule has 5 unspecified atom stereocenters. The van der Waals surface area contributed by atoms with E-state index in [1.165, 1.54) is 0 Å². The second-order valence-corrected chi connectivity index (χ2v) is 15.5. The van der Waals surface area contributed by atoms with Crippen molar-refractivity contribution < 1.29 is 45.2 Å². The number of hydrogen-bond donors (Lipinski definition) is 7. The third-order valence-corrected chi connectivity index (χ3v) is 13.0. The van der Waals surface area contributed by atoms with Gasteiger partial charge < -0.3 is 45.2 Å². The Kier molecular flexibility index (Phi) is 9.01. The molecule has 238 valence electrons. The van der Waals surface area contributed by atoms with Gasteiger partial charge in [-0.25, -0.2) is 0 Å². The predicted octanol–water partition coefficient (Wildman–Crippen LogP) is 1.96. The van der Waals surface area contributed by atoms with E-state index in [4.69, 9.17) is 9.47 Å². The number of aliphatic hydroxyl groups excluding tert-OH is 6.